The minimum atomic E-state index is -0.000413. The Morgan fingerprint density at radius 1 is 1.37 bits per heavy atom. The number of amidine groups is 1. The van der Waals surface area contributed by atoms with Gasteiger partial charge in [-0.15, -0.1) is 0 Å². The summed E-state index contributed by atoms with van der Waals surface area (Å²) in [5.74, 6) is -0.000413. The van der Waals surface area contributed by atoms with Gasteiger partial charge < -0.3 is 5.73 Å². The molecule has 0 bridgehead atoms. The summed E-state index contributed by atoms with van der Waals surface area (Å²) >= 11 is 7.41. The second-order valence-electron chi connectivity index (χ2n) is 4.07. The zero-order valence-corrected chi connectivity index (χ0v) is 12.1. The molecule has 0 radical (unpaired) electrons. The van der Waals surface area contributed by atoms with Crippen LogP contribution >= 0.6 is 23.4 Å². The van der Waals surface area contributed by atoms with E-state index in [9.17, 15) is 0 Å². The highest BCUT2D eigenvalue weighted by Crippen LogP contribution is 2.33. The maximum atomic E-state index is 7.68. The summed E-state index contributed by atoms with van der Waals surface area (Å²) in [4.78, 5) is 8.65. The molecule has 0 saturated heterocycles. The van der Waals surface area contributed by atoms with Crippen molar-refractivity contribution in [1.82, 2.24) is 9.97 Å². The van der Waals surface area contributed by atoms with E-state index in [1.165, 1.54) is 11.8 Å². The Morgan fingerprint density at radius 3 is 2.74 bits per heavy atom. The Kier molecular flexibility index (Phi) is 4.07. The predicted octanol–water partition coefficient (Wildman–Crippen LogP) is 3.18. The quantitative estimate of drug-likeness (QED) is 0.673. The monoisotopic (exact) mass is 292 g/mol. The van der Waals surface area contributed by atoms with Crippen LogP contribution in [-0.4, -0.2) is 15.8 Å². The van der Waals surface area contributed by atoms with Gasteiger partial charge in [0.25, 0.3) is 0 Å². The van der Waals surface area contributed by atoms with E-state index in [0.29, 0.717) is 20.6 Å². The number of aryl methyl sites for hydroxylation is 2. The number of nitrogens with one attached hydrogen (secondary N) is 1. The van der Waals surface area contributed by atoms with Crippen molar-refractivity contribution in [3.63, 3.8) is 0 Å². The van der Waals surface area contributed by atoms with Crippen LogP contribution in [0.25, 0.3) is 0 Å². The number of rotatable bonds is 3. The molecule has 2 heterocycles. The fraction of sp³-hybridized carbons (Fsp3) is 0.154. The first kappa shape index (κ1) is 13.8. The van der Waals surface area contributed by atoms with Gasteiger partial charge in [-0.1, -0.05) is 11.6 Å². The van der Waals surface area contributed by atoms with Crippen LogP contribution in [0.1, 0.15) is 16.8 Å². The molecule has 98 valence electrons. The number of aromatic nitrogens is 2. The summed E-state index contributed by atoms with van der Waals surface area (Å²) in [6, 6.07) is 5.45. The first-order valence-corrected chi connectivity index (χ1v) is 6.79. The van der Waals surface area contributed by atoms with E-state index in [1.807, 2.05) is 19.9 Å². The average molecular weight is 293 g/mol. The number of halogens is 1. The van der Waals surface area contributed by atoms with Crippen molar-refractivity contribution in [1.29, 1.82) is 5.41 Å². The lowest BCUT2D eigenvalue weighted by Crippen LogP contribution is -2.15. The van der Waals surface area contributed by atoms with Gasteiger partial charge >= 0.3 is 0 Å². The molecule has 0 aliphatic carbocycles. The molecule has 0 spiro atoms. The lowest BCUT2D eigenvalue weighted by Gasteiger charge is -2.11. The minimum absolute atomic E-state index is 0.000413. The van der Waals surface area contributed by atoms with Crippen LogP contribution in [0, 0.1) is 19.3 Å². The molecule has 19 heavy (non-hydrogen) atoms. The van der Waals surface area contributed by atoms with E-state index in [1.54, 1.807) is 18.3 Å². The Morgan fingerprint density at radius 2 is 2.11 bits per heavy atom. The molecule has 0 unspecified atom stereocenters. The molecule has 4 nitrogen and oxygen atoms in total. The first-order valence-electron chi connectivity index (χ1n) is 5.60. The van der Waals surface area contributed by atoms with Gasteiger partial charge in [0.1, 0.15) is 15.9 Å². The van der Waals surface area contributed by atoms with E-state index in [-0.39, 0.29) is 5.84 Å². The summed E-state index contributed by atoms with van der Waals surface area (Å²) in [7, 11) is 0. The lowest BCUT2D eigenvalue weighted by atomic mass is 10.1. The molecule has 0 amide bonds. The zero-order valence-electron chi connectivity index (χ0n) is 10.6. The number of nitrogens with two attached hydrogens (primary N) is 1. The van der Waals surface area contributed by atoms with Crippen molar-refractivity contribution in [2.75, 3.05) is 0 Å². The Bertz CT molecular complexity index is 643. The molecule has 0 saturated carbocycles. The summed E-state index contributed by atoms with van der Waals surface area (Å²) in [6.45, 7) is 3.82. The number of pyridine rings is 2. The molecular weight excluding hydrogens is 280 g/mol. The standard InChI is InChI=1S/C13H13ClN4S/c1-7-6-8(2)18-13(10(7)11(15)16)19-12-9(14)4-3-5-17-12/h3-6H,1-2H3,(H3,15,16). The normalized spacial score (nSPS) is 10.5. The van der Waals surface area contributed by atoms with Crippen LogP contribution in [-0.2, 0) is 0 Å². The van der Waals surface area contributed by atoms with Crippen LogP contribution in [0.15, 0.2) is 34.4 Å². The molecule has 0 aromatic carbocycles. The lowest BCUT2D eigenvalue weighted by molar-refractivity contribution is 1.02. The van der Waals surface area contributed by atoms with Crippen molar-refractivity contribution in [2.24, 2.45) is 5.73 Å². The molecule has 2 aromatic heterocycles. The first-order chi connectivity index (χ1) is 8.99. The smallest absolute Gasteiger partial charge is 0.125 e. The fourth-order valence-electron chi connectivity index (χ4n) is 1.74. The fourth-order valence-corrected chi connectivity index (χ4v) is 3.00. The summed E-state index contributed by atoms with van der Waals surface area (Å²) in [5.41, 5.74) is 8.07. The Balaban J connectivity index is 2.51. The number of hydrogen-bond donors (Lipinski definition) is 2. The molecule has 6 heteroatoms. The molecule has 0 atom stereocenters. The van der Waals surface area contributed by atoms with E-state index < -0.39 is 0 Å². The molecule has 3 N–H and O–H groups in total. The van der Waals surface area contributed by atoms with Crippen LogP contribution < -0.4 is 5.73 Å². The van der Waals surface area contributed by atoms with Gasteiger partial charge in [0.2, 0.25) is 0 Å². The number of nitrogens with zero attached hydrogens (tertiary/aromatic N) is 2. The highest BCUT2D eigenvalue weighted by Gasteiger charge is 2.14. The summed E-state index contributed by atoms with van der Waals surface area (Å²) in [5, 5.41) is 9.55. The van der Waals surface area contributed by atoms with E-state index in [0.717, 1.165) is 11.3 Å². The van der Waals surface area contributed by atoms with Crippen molar-refractivity contribution in [2.45, 2.75) is 23.9 Å². The molecule has 0 fully saturated rings. The summed E-state index contributed by atoms with van der Waals surface area (Å²) < 4.78 is 0. The van der Waals surface area contributed by atoms with E-state index in [4.69, 9.17) is 22.7 Å². The highest BCUT2D eigenvalue weighted by atomic mass is 35.5. The third-order valence-corrected chi connectivity index (χ3v) is 3.92. The van der Waals surface area contributed by atoms with Gasteiger partial charge in [-0.25, -0.2) is 9.97 Å². The Hall–Kier alpha value is -1.59. The van der Waals surface area contributed by atoms with E-state index in [2.05, 4.69) is 9.97 Å². The maximum Gasteiger partial charge on any atom is 0.125 e. The predicted molar refractivity (Wildman–Crippen MR) is 78.1 cm³/mol. The third-order valence-electron chi connectivity index (χ3n) is 2.50. The highest BCUT2D eigenvalue weighted by molar-refractivity contribution is 7.99. The second kappa shape index (κ2) is 5.59. The van der Waals surface area contributed by atoms with Crippen molar-refractivity contribution in [3.8, 4) is 0 Å². The van der Waals surface area contributed by atoms with Gasteiger partial charge in [0, 0.05) is 11.9 Å². The van der Waals surface area contributed by atoms with Crippen molar-refractivity contribution in [3.05, 3.63) is 46.2 Å². The number of nitrogen functional groups attached to an aromatic ring is 1. The van der Waals surface area contributed by atoms with Crippen molar-refractivity contribution < 1.29 is 0 Å². The topological polar surface area (TPSA) is 75.7 Å². The summed E-state index contributed by atoms with van der Waals surface area (Å²) in [6.07, 6.45) is 1.67. The zero-order chi connectivity index (χ0) is 14.0. The van der Waals surface area contributed by atoms with Gasteiger partial charge in [0.05, 0.1) is 10.6 Å². The van der Waals surface area contributed by atoms with Gasteiger partial charge in [-0.2, -0.15) is 0 Å². The van der Waals surface area contributed by atoms with Gasteiger partial charge in [-0.3, -0.25) is 5.41 Å². The largest absolute Gasteiger partial charge is 0.384 e. The molecule has 2 rings (SSSR count). The number of hydrogen-bond acceptors (Lipinski definition) is 4. The SMILES string of the molecule is Cc1cc(C)c(C(=N)N)c(Sc2ncccc2Cl)n1. The van der Waals surface area contributed by atoms with Crippen LogP contribution in [0.4, 0.5) is 0 Å². The molecule has 0 aliphatic heterocycles. The molecule has 0 aliphatic rings. The van der Waals surface area contributed by atoms with Gasteiger partial charge in [-0.05, 0) is 49.4 Å². The van der Waals surface area contributed by atoms with Gasteiger partial charge in [0.15, 0.2) is 0 Å². The Labute approximate surface area is 120 Å². The minimum Gasteiger partial charge on any atom is -0.384 e. The second-order valence-corrected chi connectivity index (χ2v) is 5.45. The van der Waals surface area contributed by atoms with Crippen LogP contribution in [0.5, 0.6) is 0 Å². The third kappa shape index (κ3) is 3.05. The molecular formula is C13H13ClN4S. The van der Waals surface area contributed by atoms with E-state index >= 15 is 0 Å². The maximum absolute atomic E-state index is 7.68. The van der Waals surface area contributed by atoms with Crippen LogP contribution in [0.3, 0.4) is 0 Å². The molecule has 2 aromatic rings. The van der Waals surface area contributed by atoms with Crippen molar-refractivity contribution >= 4 is 29.2 Å². The van der Waals surface area contributed by atoms with Crippen LogP contribution in [0.2, 0.25) is 5.02 Å². The average Bonchev–Trinajstić information content (AvgIpc) is 2.30.